The van der Waals surface area contributed by atoms with E-state index in [-0.39, 0.29) is 19.1 Å². The van der Waals surface area contributed by atoms with Crippen molar-refractivity contribution < 1.29 is 14.6 Å². The summed E-state index contributed by atoms with van der Waals surface area (Å²) in [6.07, 6.45) is 4.82. The molecule has 0 aliphatic heterocycles. The first-order valence-corrected chi connectivity index (χ1v) is 11.7. The maximum absolute atomic E-state index is 12.1. The molecule has 0 spiro atoms. The van der Waals surface area contributed by atoms with Crippen molar-refractivity contribution in [1.82, 2.24) is 5.32 Å². The number of nitrogens with one attached hydrogen (secondary N) is 1. The van der Waals surface area contributed by atoms with E-state index in [1.54, 1.807) is 17.8 Å². The number of carbonyl (C=O) groups is 1. The minimum atomic E-state index is -0.153. The number of hydrogen-bond acceptors (Lipinski definition) is 4. The molecule has 0 saturated heterocycles. The standard InChI is InChI=1S/C26H29NO3S/c1-31-24-13-14-25(30-19-21-7-3-2-4-8-21)22(18-24)11-5-9-20-10-6-12-23(17-20)26(29)27-15-16-28/h2-4,6-8,10,12-14,17-18,28H,5,9,11,15-16,19H2,1H3,(H,27,29). The summed E-state index contributed by atoms with van der Waals surface area (Å²) >= 11 is 1.73. The highest BCUT2D eigenvalue weighted by molar-refractivity contribution is 7.98. The molecule has 5 heteroatoms. The van der Waals surface area contributed by atoms with Crippen molar-refractivity contribution in [3.05, 3.63) is 95.1 Å². The number of thioether (sulfide) groups is 1. The normalized spacial score (nSPS) is 10.6. The average Bonchev–Trinajstić information content (AvgIpc) is 2.82. The van der Waals surface area contributed by atoms with Crippen LogP contribution in [-0.4, -0.2) is 30.4 Å². The lowest BCUT2D eigenvalue weighted by atomic mass is 10.0. The van der Waals surface area contributed by atoms with Gasteiger partial charge in [0.25, 0.3) is 5.91 Å². The Morgan fingerprint density at radius 2 is 1.77 bits per heavy atom. The lowest BCUT2D eigenvalue weighted by Gasteiger charge is -2.13. The number of hydrogen-bond donors (Lipinski definition) is 2. The molecule has 0 radical (unpaired) electrons. The Bertz CT molecular complexity index is 975. The van der Waals surface area contributed by atoms with Gasteiger partial charge in [0.2, 0.25) is 0 Å². The third kappa shape index (κ3) is 7.16. The Hall–Kier alpha value is -2.76. The second kappa shape index (κ2) is 12.2. The zero-order chi connectivity index (χ0) is 21.9. The quantitative estimate of drug-likeness (QED) is 0.421. The highest BCUT2D eigenvalue weighted by Gasteiger charge is 2.08. The highest BCUT2D eigenvalue weighted by Crippen LogP contribution is 2.27. The minimum absolute atomic E-state index is 0.0603. The van der Waals surface area contributed by atoms with Gasteiger partial charge in [-0.15, -0.1) is 11.8 Å². The summed E-state index contributed by atoms with van der Waals surface area (Å²) in [5.74, 6) is 0.777. The molecular weight excluding hydrogens is 406 g/mol. The molecule has 0 aliphatic carbocycles. The summed E-state index contributed by atoms with van der Waals surface area (Å²) in [5.41, 5.74) is 4.12. The van der Waals surface area contributed by atoms with Crippen LogP contribution in [0.15, 0.2) is 77.7 Å². The second-order valence-corrected chi connectivity index (χ2v) is 8.16. The van der Waals surface area contributed by atoms with Gasteiger partial charge in [-0.2, -0.15) is 0 Å². The zero-order valence-corrected chi connectivity index (χ0v) is 18.7. The largest absolute Gasteiger partial charge is 0.489 e. The highest BCUT2D eigenvalue weighted by atomic mass is 32.2. The van der Waals surface area contributed by atoms with Gasteiger partial charge in [0.1, 0.15) is 12.4 Å². The van der Waals surface area contributed by atoms with Gasteiger partial charge in [-0.25, -0.2) is 0 Å². The predicted molar refractivity (Wildman–Crippen MR) is 127 cm³/mol. The molecule has 162 valence electrons. The van der Waals surface area contributed by atoms with E-state index in [0.29, 0.717) is 12.2 Å². The number of aliphatic hydroxyl groups is 1. The third-order valence-corrected chi connectivity index (χ3v) is 5.73. The first kappa shape index (κ1) is 22.9. The first-order chi connectivity index (χ1) is 15.2. The number of carbonyl (C=O) groups excluding carboxylic acids is 1. The molecule has 3 rings (SSSR count). The molecule has 0 bridgehead atoms. The summed E-state index contributed by atoms with van der Waals surface area (Å²) in [4.78, 5) is 13.3. The predicted octanol–water partition coefficient (Wildman–Crippen LogP) is 4.88. The number of ether oxygens (including phenoxy) is 1. The van der Waals surface area contributed by atoms with Crippen LogP contribution in [0, 0.1) is 0 Å². The number of benzene rings is 3. The number of amides is 1. The van der Waals surface area contributed by atoms with Crippen LogP contribution in [0.4, 0.5) is 0 Å². The monoisotopic (exact) mass is 435 g/mol. The maximum Gasteiger partial charge on any atom is 0.251 e. The number of rotatable bonds is 11. The lowest BCUT2D eigenvalue weighted by Crippen LogP contribution is -2.26. The van der Waals surface area contributed by atoms with Crippen LogP contribution in [0.25, 0.3) is 0 Å². The molecule has 1 amide bonds. The Morgan fingerprint density at radius 1 is 0.968 bits per heavy atom. The van der Waals surface area contributed by atoms with Gasteiger partial charge in [-0.05, 0) is 72.5 Å². The Morgan fingerprint density at radius 3 is 2.55 bits per heavy atom. The molecule has 0 atom stereocenters. The summed E-state index contributed by atoms with van der Waals surface area (Å²) < 4.78 is 6.13. The van der Waals surface area contributed by atoms with Gasteiger partial charge in [0.05, 0.1) is 6.61 Å². The van der Waals surface area contributed by atoms with E-state index in [1.807, 2.05) is 36.4 Å². The van der Waals surface area contributed by atoms with Crippen molar-refractivity contribution in [2.75, 3.05) is 19.4 Å². The molecule has 4 nitrogen and oxygen atoms in total. The van der Waals surface area contributed by atoms with Crippen molar-refractivity contribution in [2.45, 2.75) is 30.8 Å². The average molecular weight is 436 g/mol. The third-order valence-electron chi connectivity index (χ3n) is 5.00. The van der Waals surface area contributed by atoms with Crippen LogP contribution in [0.5, 0.6) is 5.75 Å². The molecule has 3 aromatic carbocycles. The molecule has 3 aromatic rings. The van der Waals surface area contributed by atoms with Gasteiger partial charge in [-0.1, -0.05) is 42.5 Å². The molecule has 0 aliphatic rings. The summed E-state index contributed by atoms with van der Waals surface area (Å²) in [6, 6.07) is 24.3. The first-order valence-electron chi connectivity index (χ1n) is 10.5. The van der Waals surface area contributed by atoms with Gasteiger partial charge < -0.3 is 15.2 Å². The summed E-state index contributed by atoms with van der Waals surface area (Å²) in [6.45, 7) is 0.757. The van der Waals surface area contributed by atoms with Crippen molar-refractivity contribution in [3.8, 4) is 5.75 Å². The van der Waals surface area contributed by atoms with Crippen molar-refractivity contribution >= 4 is 17.7 Å². The van der Waals surface area contributed by atoms with Crippen LogP contribution < -0.4 is 10.1 Å². The van der Waals surface area contributed by atoms with E-state index in [9.17, 15) is 4.79 Å². The Balaban J connectivity index is 1.62. The Kier molecular flexibility index (Phi) is 9.00. The molecule has 0 aromatic heterocycles. The van der Waals surface area contributed by atoms with Crippen LogP contribution in [0.2, 0.25) is 0 Å². The van der Waals surface area contributed by atoms with Gasteiger partial charge in [0.15, 0.2) is 0 Å². The van der Waals surface area contributed by atoms with E-state index in [0.717, 1.165) is 36.1 Å². The molecule has 0 heterocycles. The van der Waals surface area contributed by atoms with E-state index in [2.05, 4.69) is 41.9 Å². The number of aryl methyl sites for hydroxylation is 2. The van der Waals surface area contributed by atoms with Crippen molar-refractivity contribution in [3.63, 3.8) is 0 Å². The zero-order valence-electron chi connectivity index (χ0n) is 17.8. The fourth-order valence-corrected chi connectivity index (χ4v) is 3.84. The lowest BCUT2D eigenvalue weighted by molar-refractivity contribution is 0.0944. The molecule has 0 unspecified atom stereocenters. The summed E-state index contributed by atoms with van der Waals surface area (Å²) in [7, 11) is 0. The van der Waals surface area contributed by atoms with Gasteiger partial charge in [-0.3, -0.25) is 4.79 Å². The van der Waals surface area contributed by atoms with Gasteiger partial charge >= 0.3 is 0 Å². The maximum atomic E-state index is 12.1. The molecule has 31 heavy (non-hydrogen) atoms. The minimum Gasteiger partial charge on any atom is -0.489 e. The molecule has 2 N–H and O–H groups in total. The van der Waals surface area contributed by atoms with E-state index in [1.165, 1.54) is 10.5 Å². The van der Waals surface area contributed by atoms with E-state index < -0.39 is 0 Å². The number of aliphatic hydroxyl groups excluding tert-OH is 1. The van der Waals surface area contributed by atoms with Crippen molar-refractivity contribution in [2.24, 2.45) is 0 Å². The van der Waals surface area contributed by atoms with Crippen LogP contribution in [0.3, 0.4) is 0 Å². The SMILES string of the molecule is CSc1ccc(OCc2ccccc2)c(CCCc2cccc(C(=O)NCCO)c2)c1. The molecule has 0 fully saturated rings. The summed E-state index contributed by atoms with van der Waals surface area (Å²) in [5, 5.41) is 11.6. The Labute approximate surface area is 188 Å². The fourth-order valence-electron chi connectivity index (χ4n) is 3.38. The van der Waals surface area contributed by atoms with Crippen LogP contribution in [0.1, 0.15) is 33.5 Å². The van der Waals surface area contributed by atoms with Crippen LogP contribution >= 0.6 is 11.8 Å². The second-order valence-electron chi connectivity index (χ2n) is 7.28. The topological polar surface area (TPSA) is 58.6 Å². The fraction of sp³-hybridized carbons (Fsp3) is 0.269. The smallest absolute Gasteiger partial charge is 0.251 e. The van der Waals surface area contributed by atoms with E-state index >= 15 is 0 Å². The molecule has 0 saturated carbocycles. The van der Waals surface area contributed by atoms with Crippen molar-refractivity contribution in [1.29, 1.82) is 0 Å². The molecular formula is C26H29NO3S. The van der Waals surface area contributed by atoms with Crippen LogP contribution in [-0.2, 0) is 19.4 Å². The van der Waals surface area contributed by atoms with E-state index in [4.69, 9.17) is 9.84 Å². The van der Waals surface area contributed by atoms with Gasteiger partial charge in [0, 0.05) is 17.0 Å².